The summed E-state index contributed by atoms with van der Waals surface area (Å²) >= 11 is 0. The zero-order valence-electron chi connectivity index (χ0n) is 8.50. The monoisotopic (exact) mass is 174 g/mol. The molecule has 0 aliphatic carbocycles. The molecule has 0 N–H and O–H groups in total. The second-order valence-electron chi connectivity index (χ2n) is 2.72. The van der Waals surface area contributed by atoms with Gasteiger partial charge in [-0.3, -0.25) is 4.79 Å². The summed E-state index contributed by atoms with van der Waals surface area (Å²) in [6.07, 6.45) is 0.690. The Morgan fingerprint density at radius 3 is 2.92 bits per heavy atom. The first kappa shape index (κ1) is 8.00. The van der Waals surface area contributed by atoms with Crippen LogP contribution in [0.4, 0.5) is 0 Å². The Morgan fingerprint density at radius 1 is 1.62 bits per heavy atom. The van der Waals surface area contributed by atoms with Crippen molar-refractivity contribution in [2.45, 2.75) is 19.8 Å². The molecular formula is C11H11NO. The fraction of sp³-hybridized carbons (Fsp3) is 0.273. The summed E-state index contributed by atoms with van der Waals surface area (Å²) in [6, 6.07) is 7.15. The van der Waals surface area contributed by atoms with Crippen molar-refractivity contribution in [3.8, 4) is 6.07 Å². The lowest BCUT2D eigenvalue weighted by Crippen LogP contribution is -1.96. The van der Waals surface area contributed by atoms with Gasteiger partial charge in [-0.2, -0.15) is 5.26 Å². The van der Waals surface area contributed by atoms with E-state index in [4.69, 9.17) is 6.63 Å². The molecule has 0 atom stereocenters. The van der Waals surface area contributed by atoms with Gasteiger partial charge in [0.05, 0.1) is 13.9 Å². The highest BCUT2D eigenvalue weighted by atomic mass is 16.1. The lowest BCUT2D eigenvalue weighted by molar-refractivity contribution is 0.0988. The lowest BCUT2D eigenvalue weighted by Gasteiger charge is -1.98. The molecule has 0 bridgehead atoms. The van der Waals surface area contributed by atoms with E-state index >= 15 is 0 Å². The molecule has 0 saturated heterocycles. The molecule has 2 nitrogen and oxygen atoms in total. The molecule has 0 amide bonds. The Kier molecular flexibility index (Phi) is 2.72. The highest BCUT2D eigenvalue weighted by Gasteiger charge is 2.01. The van der Waals surface area contributed by atoms with E-state index in [2.05, 4.69) is 0 Å². The maximum atomic E-state index is 11.3. The SMILES string of the molecule is [2H]c1cc(CC#N)ccc1C(=O)CC. The number of nitrogens with zero attached hydrogens (tertiary/aromatic N) is 1. The van der Waals surface area contributed by atoms with Crippen LogP contribution in [-0.4, -0.2) is 5.78 Å². The summed E-state index contributed by atoms with van der Waals surface area (Å²) in [5.74, 6) is -0.0292. The van der Waals surface area contributed by atoms with Crippen LogP contribution in [0, 0.1) is 11.3 Å². The van der Waals surface area contributed by atoms with Gasteiger partial charge in [-0.1, -0.05) is 31.2 Å². The van der Waals surface area contributed by atoms with Crippen molar-refractivity contribution in [1.29, 1.82) is 5.26 Å². The molecule has 0 aliphatic rings. The average Bonchev–Trinajstić information content (AvgIpc) is 2.17. The zero-order valence-corrected chi connectivity index (χ0v) is 7.50. The molecule has 0 unspecified atom stereocenters. The van der Waals surface area contributed by atoms with Gasteiger partial charge in [0, 0.05) is 12.0 Å². The minimum absolute atomic E-state index is 0.0292. The molecule has 0 fully saturated rings. The van der Waals surface area contributed by atoms with E-state index in [9.17, 15) is 4.79 Å². The number of nitriles is 1. The van der Waals surface area contributed by atoms with Gasteiger partial charge >= 0.3 is 0 Å². The molecule has 0 radical (unpaired) electrons. The predicted molar refractivity (Wildman–Crippen MR) is 50.4 cm³/mol. The van der Waals surface area contributed by atoms with E-state index in [1.165, 1.54) is 0 Å². The lowest BCUT2D eigenvalue weighted by atomic mass is 10.1. The smallest absolute Gasteiger partial charge is 0.162 e. The van der Waals surface area contributed by atoms with Gasteiger partial charge in [-0.25, -0.2) is 0 Å². The van der Waals surface area contributed by atoms with Gasteiger partial charge in [0.2, 0.25) is 0 Å². The normalized spacial score (nSPS) is 10.3. The van der Waals surface area contributed by atoms with Gasteiger partial charge in [0.1, 0.15) is 0 Å². The number of carbonyl (C=O) groups is 1. The van der Waals surface area contributed by atoms with E-state index in [0.29, 0.717) is 12.0 Å². The highest BCUT2D eigenvalue weighted by Crippen LogP contribution is 2.06. The molecular weight excluding hydrogens is 162 g/mol. The molecule has 66 valence electrons. The topological polar surface area (TPSA) is 40.9 Å². The number of rotatable bonds is 3. The van der Waals surface area contributed by atoms with Crippen molar-refractivity contribution in [1.82, 2.24) is 0 Å². The third-order valence-electron chi connectivity index (χ3n) is 1.78. The van der Waals surface area contributed by atoms with Crippen molar-refractivity contribution in [2.75, 3.05) is 0 Å². The molecule has 0 heterocycles. The second kappa shape index (κ2) is 4.42. The number of benzene rings is 1. The van der Waals surface area contributed by atoms with Crippen molar-refractivity contribution in [3.63, 3.8) is 0 Å². The van der Waals surface area contributed by atoms with Gasteiger partial charge in [-0.15, -0.1) is 0 Å². The molecule has 0 aliphatic heterocycles. The van der Waals surface area contributed by atoms with Crippen LogP contribution in [0.25, 0.3) is 0 Å². The van der Waals surface area contributed by atoms with Gasteiger partial charge in [-0.05, 0) is 5.56 Å². The van der Waals surface area contributed by atoms with E-state index in [-0.39, 0.29) is 18.2 Å². The summed E-state index contributed by atoms with van der Waals surface area (Å²) in [7, 11) is 0. The highest BCUT2D eigenvalue weighted by molar-refractivity contribution is 5.95. The van der Waals surface area contributed by atoms with Crippen molar-refractivity contribution < 1.29 is 6.17 Å². The molecule has 0 spiro atoms. The first-order valence-electron chi connectivity index (χ1n) is 4.68. The minimum Gasteiger partial charge on any atom is -0.294 e. The first-order valence-corrected chi connectivity index (χ1v) is 4.18. The third kappa shape index (κ3) is 2.41. The van der Waals surface area contributed by atoms with Crippen molar-refractivity contribution >= 4 is 5.78 Å². The minimum atomic E-state index is -0.0292. The molecule has 1 aromatic carbocycles. The van der Waals surface area contributed by atoms with Crippen LogP contribution in [0.5, 0.6) is 0 Å². The van der Waals surface area contributed by atoms with E-state index < -0.39 is 0 Å². The second-order valence-corrected chi connectivity index (χ2v) is 2.72. The van der Waals surface area contributed by atoms with Crippen LogP contribution < -0.4 is 0 Å². The standard InChI is InChI=1S/C11H11NO/c1-2-11(13)10-5-3-9(4-6-10)7-8-12/h3-6H,2,7H2,1H3/i5D. The molecule has 1 aromatic rings. The van der Waals surface area contributed by atoms with Crippen LogP contribution in [0.15, 0.2) is 24.2 Å². The Morgan fingerprint density at radius 2 is 2.38 bits per heavy atom. The Balaban J connectivity index is 3.02. The summed E-state index contributed by atoms with van der Waals surface area (Å²) in [5, 5.41) is 8.46. The van der Waals surface area contributed by atoms with E-state index in [1.807, 2.05) is 6.07 Å². The number of ketones is 1. The number of hydrogen-bond donors (Lipinski definition) is 0. The fourth-order valence-electron chi connectivity index (χ4n) is 1.02. The van der Waals surface area contributed by atoms with Crippen LogP contribution in [-0.2, 0) is 6.42 Å². The average molecular weight is 174 g/mol. The Hall–Kier alpha value is -1.62. The Labute approximate surface area is 79.2 Å². The zero-order chi connectivity index (χ0) is 10.6. The number of hydrogen-bond acceptors (Lipinski definition) is 2. The largest absolute Gasteiger partial charge is 0.294 e. The quantitative estimate of drug-likeness (QED) is 0.660. The van der Waals surface area contributed by atoms with Gasteiger partial charge < -0.3 is 0 Å². The maximum Gasteiger partial charge on any atom is 0.162 e. The summed E-state index contributed by atoms with van der Waals surface area (Å²) in [6.45, 7) is 1.77. The predicted octanol–water partition coefficient (Wildman–Crippen LogP) is 2.35. The van der Waals surface area contributed by atoms with Crippen molar-refractivity contribution in [3.05, 3.63) is 35.4 Å². The van der Waals surface area contributed by atoms with Gasteiger partial charge in [0.15, 0.2) is 5.78 Å². The molecule has 2 heteroatoms. The van der Waals surface area contributed by atoms with Gasteiger partial charge in [0.25, 0.3) is 0 Å². The number of carbonyl (C=O) groups excluding carboxylic acids is 1. The summed E-state index contributed by atoms with van der Waals surface area (Å²) < 4.78 is 7.59. The van der Waals surface area contributed by atoms with Crippen LogP contribution in [0.3, 0.4) is 0 Å². The van der Waals surface area contributed by atoms with Crippen LogP contribution in [0.2, 0.25) is 0 Å². The van der Waals surface area contributed by atoms with E-state index in [0.717, 1.165) is 5.56 Å². The first-order chi connectivity index (χ1) is 6.69. The third-order valence-corrected chi connectivity index (χ3v) is 1.78. The summed E-state index contributed by atoms with van der Waals surface area (Å²) in [5.41, 5.74) is 1.22. The number of Topliss-reactive ketones (excluding diaryl/α,β-unsaturated/α-hetero) is 1. The van der Waals surface area contributed by atoms with E-state index in [1.54, 1.807) is 25.1 Å². The van der Waals surface area contributed by atoms with Crippen LogP contribution >= 0.6 is 0 Å². The molecule has 13 heavy (non-hydrogen) atoms. The fourth-order valence-corrected chi connectivity index (χ4v) is 1.02. The van der Waals surface area contributed by atoms with Crippen molar-refractivity contribution in [2.24, 2.45) is 0 Å². The van der Waals surface area contributed by atoms with Crippen LogP contribution in [0.1, 0.15) is 30.6 Å². The molecule has 0 saturated carbocycles. The maximum absolute atomic E-state index is 11.3. The summed E-state index contributed by atoms with van der Waals surface area (Å²) in [4.78, 5) is 11.3. The molecule has 0 aromatic heterocycles. The molecule has 1 rings (SSSR count). The Bertz CT molecular complexity index is 393.